The minimum atomic E-state index is 1.22. The molecule has 0 fully saturated rings. The van der Waals surface area contributed by atoms with Crippen LogP contribution in [0.4, 0.5) is 0 Å². The first-order chi connectivity index (χ1) is 8.36. The van der Waals surface area contributed by atoms with Gasteiger partial charge in [-0.15, -0.1) is 0 Å². The average molecular weight is 234 g/mol. The van der Waals surface area contributed by atoms with Gasteiger partial charge in [-0.25, -0.2) is 0 Å². The van der Waals surface area contributed by atoms with Crippen molar-refractivity contribution in [1.82, 2.24) is 0 Å². The summed E-state index contributed by atoms with van der Waals surface area (Å²) in [5, 5.41) is 0. The van der Waals surface area contributed by atoms with E-state index in [2.05, 4.69) is 38.1 Å². The Kier molecular flexibility index (Phi) is 11.2. The Morgan fingerprint density at radius 3 is 1.65 bits per heavy atom. The summed E-state index contributed by atoms with van der Waals surface area (Å²) in [5.74, 6) is 0. The number of benzene rings is 1. The molecule has 0 aliphatic carbocycles. The number of hydrogen-bond acceptors (Lipinski definition) is 0. The lowest BCUT2D eigenvalue weighted by atomic mass is 10.0. The third-order valence-electron chi connectivity index (χ3n) is 2.88. The van der Waals surface area contributed by atoms with Crippen molar-refractivity contribution in [3.63, 3.8) is 0 Å². The number of rotatable bonds is 7. The molecule has 1 aromatic carbocycles. The fourth-order valence-electron chi connectivity index (χ4n) is 1.92. The number of aryl methyl sites for hydroxylation is 2. The van der Waals surface area contributed by atoms with E-state index in [0.29, 0.717) is 0 Å². The van der Waals surface area contributed by atoms with Crippen LogP contribution in [0.5, 0.6) is 0 Å². The second-order valence-electron chi connectivity index (χ2n) is 4.38. The molecule has 0 atom stereocenters. The van der Waals surface area contributed by atoms with Crippen LogP contribution < -0.4 is 0 Å². The van der Waals surface area contributed by atoms with Gasteiger partial charge in [0.2, 0.25) is 0 Å². The van der Waals surface area contributed by atoms with Crippen molar-refractivity contribution in [2.45, 2.75) is 72.6 Å². The summed E-state index contributed by atoms with van der Waals surface area (Å²) < 4.78 is 0. The van der Waals surface area contributed by atoms with Gasteiger partial charge in [0.25, 0.3) is 0 Å². The molecule has 0 heteroatoms. The molecule has 0 N–H and O–H groups in total. The molecule has 0 saturated heterocycles. The molecule has 1 aromatic rings. The predicted octanol–water partition coefficient (Wildman–Crippen LogP) is 5.79. The van der Waals surface area contributed by atoms with Crippen LogP contribution in [-0.4, -0.2) is 0 Å². The third-order valence-corrected chi connectivity index (χ3v) is 2.88. The Balaban J connectivity index is 0.00000121. The third kappa shape index (κ3) is 8.01. The van der Waals surface area contributed by atoms with Gasteiger partial charge in [0.15, 0.2) is 0 Å². The zero-order valence-corrected chi connectivity index (χ0v) is 12.3. The molecule has 0 spiro atoms. The largest absolute Gasteiger partial charge is 0.0683 e. The van der Waals surface area contributed by atoms with Crippen LogP contribution in [0, 0.1) is 0 Å². The normalized spacial score (nSPS) is 9.65. The molecule has 0 saturated carbocycles. The molecule has 0 aliphatic rings. The monoisotopic (exact) mass is 234 g/mol. The van der Waals surface area contributed by atoms with Crippen molar-refractivity contribution in [1.29, 1.82) is 0 Å². The molecule has 17 heavy (non-hydrogen) atoms. The Labute approximate surface area is 108 Å². The molecular weight excluding hydrogens is 204 g/mol. The fraction of sp³-hybridized carbons (Fsp3) is 0.647. The van der Waals surface area contributed by atoms with Gasteiger partial charge in [-0.1, -0.05) is 77.6 Å². The quantitative estimate of drug-likeness (QED) is 0.524. The molecule has 0 nitrogen and oxygen atoms in total. The van der Waals surface area contributed by atoms with Gasteiger partial charge >= 0.3 is 0 Å². The summed E-state index contributed by atoms with van der Waals surface area (Å²) in [6, 6.07) is 9.19. The summed E-state index contributed by atoms with van der Waals surface area (Å²) in [4.78, 5) is 0. The van der Waals surface area contributed by atoms with Crippen LogP contribution in [0.15, 0.2) is 24.3 Å². The van der Waals surface area contributed by atoms with Gasteiger partial charge in [0.1, 0.15) is 0 Å². The Morgan fingerprint density at radius 2 is 1.18 bits per heavy atom. The first kappa shape index (κ1) is 16.2. The van der Waals surface area contributed by atoms with E-state index in [9.17, 15) is 0 Å². The Morgan fingerprint density at radius 1 is 0.647 bits per heavy atom. The highest BCUT2D eigenvalue weighted by atomic mass is 14.0. The summed E-state index contributed by atoms with van der Waals surface area (Å²) in [7, 11) is 0. The highest BCUT2D eigenvalue weighted by Crippen LogP contribution is 2.10. The van der Waals surface area contributed by atoms with Crippen LogP contribution >= 0.6 is 0 Å². The van der Waals surface area contributed by atoms with Gasteiger partial charge in [0.05, 0.1) is 0 Å². The lowest BCUT2D eigenvalue weighted by Gasteiger charge is -2.03. The maximum absolute atomic E-state index is 2.30. The van der Waals surface area contributed by atoms with Gasteiger partial charge in [-0.05, 0) is 30.4 Å². The van der Waals surface area contributed by atoms with Crippen LogP contribution in [0.3, 0.4) is 0 Å². The van der Waals surface area contributed by atoms with E-state index in [1.54, 1.807) is 0 Å². The number of unbranched alkanes of at least 4 members (excludes halogenated alkanes) is 3. The molecule has 0 radical (unpaired) electrons. The molecule has 0 aromatic heterocycles. The van der Waals surface area contributed by atoms with Crippen LogP contribution in [0.25, 0.3) is 0 Å². The Hall–Kier alpha value is -0.780. The van der Waals surface area contributed by atoms with E-state index in [1.807, 2.05) is 13.8 Å². The fourth-order valence-corrected chi connectivity index (χ4v) is 1.92. The molecule has 0 bridgehead atoms. The minimum Gasteiger partial charge on any atom is -0.0683 e. The summed E-state index contributed by atoms with van der Waals surface area (Å²) in [6.45, 7) is 8.50. The molecule has 1 rings (SSSR count). The number of hydrogen-bond donors (Lipinski definition) is 0. The second kappa shape index (κ2) is 11.7. The molecule has 0 amide bonds. The minimum absolute atomic E-state index is 1.22. The van der Waals surface area contributed by atoms with Gasteiger partial charge < -0.3 is 0 Å². The molecular formula is C17H30. The first-order valence-electron chi connectivity index (χ1n) is 7.44. The van der Waals surface area contributed by atoms with Crippen LogP contribution in [0.2, 0.25) is 0 Å². The van der Waals surface area contributed by atoms with E-state index in [1.165, 1.54) is 56.1 Å². The van der Waals surface area contributed by atoms with E-state index in [0.717, 1.165) is 0 Å². The van der Waals surface area contributed by atoms with Crippen molar-refractivity contribution in [2.75, 3.05) is 0 Å². The highest BCUT2D eigenvalue weighted by molar-refractivity contribution is 5.22. The maximum Gasteiger partial charge on any atom is -0.0279 e. The average Bonchev–Trinajstić information content (AvgIpc) is 2.39. The van der Waals surface area contributed by atoms with Crippen molar-refractivity contribution < 1.29 is 0 Å². The molecule has 98 valence electrons. The van der Waals surface area contributed by atoms with E-state index in [-0.39, 0.29) is 0 Å². The van der Waals surface area contributed by atoms with Crippen molar-refractivity contribution in [2.24, 2.45) is 0 Å². The topological polar surface area (TPSA) is 0 Å². The van der Waals surface area contributed by atoms with Crippen LogP contribution in [0.1, 0.15) is 70.9 Å². The summed E-state index contributed by atoms with van der Waals surface area (Å²) in [6.07, 6.45) is 9.16. The highest BCUT2D eigenvalue weighted by Gasteiger charge is 1.94. The zero-order chi connectivity index (χ0) is 12.9. The van der Waals surface area contributed by atoms with Crippen molar-refractivity contribution in [3.05, 3.63) is 35.4 Å². The van der Waals surface area contributed by atoms with E-state index in [4.69, 9.17) is 0 Å². The van der Waals surface area contributed by atoms with Gasteiger partial charge in [0, 0.05) is 0 Å². The first-order valence-corrected chi connectivity index (χ1v) is 7.44. The molecule has 0 heterocycles. The van der Waals surface area contributed by atoms with Crippen molar-refractivity contribution >= 4 is 0 Å². The van der Waals surface area contributed by atoms with Crippen molar-refractivity contribution in [3.8, 4) is 0 Å². The van der Waals surface area contributed by atoms with E-state index >= 15 is 0 Å². The lowest BCUT2D eigenvalue weighted by Crippen LogP contribution is -1.88. The lowest BCUT2D eigenvalue weighted by molar-refractivity contribution is 0.667. The molecule has 0 unspecified atom stereocenters. The van der Waals surface area contributed by atoms with E-state index < -0.39 is 0 Å². The summed E-state index contributed by atoms with van der Waals surface area (Å²) in [5.41, 5.74) is 2.99. The van der Waals surface area contributed by atoms with Gasteiger partial charge in [-0.2, -0.15) is 0 Å². The predicted molar refractivity (Wildman–Crippen MR) is 79.6 cm³/mol. The standard InChI is InChI=1S/C15H24.C2H6/c1-3-5-6-7-9-15-12-10-14(8-4-2)11-13-15;1-2/h10-13H,3-9H2,1-2H3;1-2H3. The molecule has 0 aliphatic heterocycles. The smallest absolute Gasteiger partial charge is 0.0279 e. The van der Waals surface area contributed by atoms with Gasteiger partial charge in [-0.3, -0.25) is 0 Å². The summed E-state index contributed by atoms with van der Waals surface area (Å²) >= 11 is 0. The Bertz CT molecular complexity index is 245. The SMILES string of the molecule is CC.CCCCCCc1ccc(CCC)cc1. The second-order valence-corrected chi connectivity index (χ2v) is 4.38. The zero-order valence-electron chi connectivity index (χ0n) is 12.3. The van der Waals surface area contributed by atoms with Crippen LogP contribution in [-0.2, 0) is 12.8 Å². The maximum atomic E-state index is 2.30.